The van der Waals surface area contributed by atoms with Crippen LogP contribution in [0.25, 0.3) is 10.9 Å². The molecule has 0 aliphatic heterocycles. The van der Waals surface area contributed by atoms with Gasteiger partial charge in [0.05, 0.1) is 23.0 Å². The summed E-state index contributed by atoms with van der Waals surface area (Å²) >= 11 is 5.96. The number of aromatic nitrogens is 2. The largest absolute Gasteiger partial charge is 0.484 e. The molecule has 0 bridgehead atoms. The molecule has 0 radical (unpaired) electrons. The highest BCUT2D eigenvalue weighted by Crippen LogP contribution is 2.31. The summed E-state index contributed by atoms with van der Waals surface area (Å²) in [5.74, 6) is -0.250. The topological polar surface area (TPSA) is 75.3 Å². The van der Waals surface area contributed by atoms with Crippen molar-refractivity contribution in [2.75, 3.05) is 13.2 Å². The van der Waals surface area contributed by atoms with Crippen LogP contribution in [-0.2, 0) is 17.5 Å². The van der Waals surface area contributed by atoms with Gasteiger partial charge in [0, 0.05) is 11.6 Å². The summed E-state index contributed by atoms with van der Waals surface area (Å²) in [4.78, 5) is 33.3. The molecule has 1 heterocycles. The van der Waals surface area contributed by atoms with Crippen molar-refractivity contribution in [3.63, 3.8) is 0 Å². The Bertz CT molecular complexity index is 1150. The molecule has 0 saturated heterocycles. The average Bonchev–Trinajstić information content (AvgIpc) is 2.71. The van der Waals surface area contributed by atoms with Crippen molar-refractivity contribution in [2.45, 2.75) is 26.1 Å². The maximum absolute atomic E-state index is 12.8. The van der Waals surface area contributed by atoms with E-state index in [9.17, 15) is 22.8 Å². The number of hydrogen-bond acceptors (Lipinski definition) is 4. The number of alkyl halides is 3. The Balaban J connectivity index is 1.74. The highest BCUT2D eigenvalue weighted by molar-refractivity contribution is 6.31. The molecule has 1 aromatic heterocycles. The van der Waals surface area contributed by atoms with Crippen LogP contribution in [0.5, 0.6) is 5.75 Å². The third kappa shape index (κ3) is 5.75. The monoisotopic (exact) mass is 453 g/mol. The number of halogens is 4. The standard InChI is InChI=1S/C21H19ClF3N3O3/c1-2-8-28(11-18-26-17-10-14(22)6-7-16(17)20(30)27-18)19(29)12-31-15-5-3-4-13(9-15)21(23,24)25/h3-7,9-10H,2,8,11-12H2,1H3,(H,26,27,30). The van der Waals surface area contributed by atoms with Crippen LogP contribution in [-0.4, -0.2) is 33.9 Å². The van der Waals surface area contributed by atoms with Crippen molar-refractivity contribution in [1.82, 2.24) is 14.9 Å². The number of benzene rings is 2. The predicted octanol–water partition coefficient (Wildman–Crippen LogP) is 4.41. The summed E-state index contributed by atoms with van der Waals surface area (Å²) < 4.78 is 43.8. The Morgan fingerprint density at radius 1 is 1.23 bits per heavy atom. The second kappa shape index (κ2) is 9.38. The molecule has 0 spiro atoms. The fourth-order valence-electron chi connectivity index (χ4n) is 2.98. The van der Waals surface area contributed by atoms with Gasteiger partial charge in [0.1, 0.15) is 11.6 Å². The summed E-state index contributed by atoms with van der Waals surface area (Å²) in [6, 6.07) is 9.01. The first kappa shape index (κ1) is 22.6. The van der Waals surface area contributed by atoms with E-state index < -0.39 is 24.3 Å². The van der Waals surface area contributed by atoms with Crippen LogP contribution in [0.15, 0.2) is 47.3 Å². The van der Waals surface area contributed by atoms with Crippen molar-refractivity contribution >= 4 is 28.4 Å². The average molecular weight is 454 g/mol. The minimum Gasteiger partial charge on any atom is -0.484 e. The molecular weight excluding hydrogens is 435 g/mol. The van der Waals surface area contributed by atoms with E-state index >= 15 is 0 Å². The smallest absolute Gasteiger partial charge is 0.416 e. The van der Waals surface area contributed by atoms with Crippen LogP contribution < -0.4 is 10.3 Å². The zero-order chi connectivity index (χ0) is 22.6. The number of rotatable bonds is 7. The maximum Gasteiger partial charge on any atom is 0.416 e. The van der Waals surface area contributed by atoms with Gasteiger partial charge in [-0.1, -0.05) is 24.6 Å². The van der Waals surface area contributed by atoms with Gasteiger partial charge >= 0.3 is 6.18 Å². The molecule has 2 aromatic carbocycles. The molecule has 3 aromatic rings. The van der Waals surface area contributed by atoms with Crippen LogP contribution >= 0.6 is 11.6 Å². The van der Waals surface area contributed by atoms with Gasteiger partial charge in [-0.2, -0.15) is 13.2 Å². The Morgan fingerprint density at radius 2 is 2.00 bits per heavy atom. The maximum atomic E-state index is 12.8. The predicted molar refractivity (Wildman–Crippen MR) is 110 cm³/mol. The van der Waals surface area contributed by atoms with Crippen molar-refractivity contribution in [2.24, 2.45) is 0 Å². The van der Waals surface area contributed by atoms with E-state index in [2.05, 4.69) is 9.97 Å². The lowest BCUT2D eigenvalue weighted by molar-refractivity contribution is -0.137. The number of fused-ring (bicyclic) bond motifs is 1. The number of carbonyl (C=O) groups is 1. The van der Waals surface area contributed by atoms with E-state index in [-0.39, 0.29) is 23.7 Å². The molecule has 0 atom stereocenters. The highest BCUT2D eigenvalue weighted by Gasteiger charge is 2.30. The summed E-state index contributed by atoms with van der Waals surface area (Å²) in [6.45, 7) is 1.77. The number of H-pyrrole nitrogens is 1. The van der Waals surface area contributed by atoms with Crippen molar-refractivity contribution in [1.29, 1.82) is 0 Å². The van der Waals surface area contributed by atoms with Gasteiger partial charge < -0.3 is 14.6 Å². The molecule has 0 fully saturated rings. The van der Waals surface area contributed by atoms with Gasteiger partial charge in [-0.05, 0) is 42.8 Å². The highest BCUT2D eigenvalue weighted by atomic mass is 35.5. The molecule has 6 nitrogen and oxygen atoms in total. The van der Waals surface area contributed by atoms with Crippen molar-refractivity contribution < 1.29 is 22.7 Å². The van der Waals surface area contributed by atoms with Crippen molar-refractivity contribution in [3.8, 4) is 5.75 Å². The van der Waals surface area contributed by atoms with Gasteiger partial charge in [0.15, 0.2) is 6.61 Å². The fourth-order valence-corrected chi connectivity index (χ4v) is 3.14. The Morgan fingerprint density at radius 3 is 2.71 bits per heavy atom. The number of amides is 1. The van der Waals surface area contributed by atoms with E-state index in [0.717, 1.165) is 12.1 Å². The van der Waals surface area contributed by atoms with Gasteiger partial charge in [0.2, 0.25) is 0 Å². The Hall–Kier alpha value is -3.07. The van der Waals surface area contributed by atoms with Crippen LogP contribution in [0, 0.1) is 0 Å². The number of nitrogens with one attached hydrogen (secondary N) is 1. The molecule has 1 amide bonds. The normalized spacial score (nSPS) is 11.5. The van der Waals surface area contributed by atoms with Crippen LogP contribution in [0.2, 0.25) is 5.02 Å². The van der Waals surface area contributed by atoms with E-state index in [1.54, 1.807) is 18.2 Å². The zero-order valence-corrected chi connectivity index (χ0v) is 17.3. The summed E-state index contributed by atoms with van der Waals surface area (Å²) in [5.41, 5.74) is -0.824. The van der Waals surface area contributed by atoms with E-state index in [1.807, 2.05) is 6.92 Å². The minimum atomic E-state index is -4.51. The Kier molecular flexibility index (Phi) is 6.84. The summed E-state index contributed by atoms with van der Waals surface area (Å²) in [6.07, 6.45) is -3.88. The molecule has 10 heteroatoms. The third-order valence-corrected chi connectivity index (χ3v) is 4.66. The SMILES string of the molecule is CCCN(Cc1nc2cc(Cl)ccc2c(=O)[nH]1)C(=O)COc1cccc(C(F)(F)F)c1. The molecule has 0 unspecified atom stereocenters. The molecule has 164 valence electrons. The molecular formula is C21H19ClF3N3O3. The summed E-state index contributed by atoms with van der Waals surface area (Å²) in [5, 5.41) is 0.793. The molecule has 1 N–H and O–H groups in total. The molecule has 3 rings (SSSR count). The first-order valence-electron chi connectivity index (χ1n) is 9.43. The molecule has 0 aliphatic carbocycles. The van der Waals surface area contributed by atoms with E-state index in [1.165, 1.54) is 17.0 Å². The third-order valence-electron chi connectivity index (χ3n) is 4.43. The number of carbonyl (C=O) groups excluding carboxylic acids is 1. The first-order chi connectivity index (χ1) is 14.7. The first-order valence-corrected chi connectivity index (χ1v) is 9.81. The molecule has 31 heavy (non-hydrogen) atoms. The van der Waals surface area contributed by atoms with Crippen LogP contribution in [0.4, 0.5) is 13.2 Å². The minimum absolute atomic E-state index is 0.0102. The lowest BCUT2D eigenvalue weighted by atomic mass is 10.2. The number of aromatic amines is 1. The quantitative estimate of drug-likeness (QED) is 0.575. The molecule has 0 saturated carbocycles. The van der Waals surface area contributed by atoms with E-state index in [0.29, 0.717) is 28.9 Å². The fraction of sp³-hybridized carbons (Fsp3) is 0.286. The number of nitrogens with zero attached hydrogens (tertiary/aromatic N) is 2. The summed E-state index contributed by atoms with van der Waals surface area (Å²) in [7, 11) is 0. The van der Waals surface area contributed by atoms with Crippen LogP contribution in [0.1, 0.15) is 24.7 Å². The molecule has 0 aliphatic rings. The van der Waals surface area contributed by atoms with Gasteiger partial charge in [-0.3, -0.25) is 9.59 Å². The van der Waals surface area contributed by atoms with Gasteiger partial charge in [0.25, 0.3) is 11.5 Å². The Labute approximate surface area is 180 Å². The number of ether oxygens (including phenoxy) is 1. The number of hydrogen-bond donors (Lipinski definition) is 1. The van der Waals surface area contributed by atoms with Gasteiger partial charge in [-0.15, -0.1) is 0 Å². The lowest BCUT2D eigenvalue weighted by Crippen LogP contribution is -2.36. The second-order valence-electron chi connectivity index (χ2n) is 6.80. The van der Waals surface area contributed by atoms with Crippen LogP contribution in [0.3, 0.4) is 0 Å². The van der Waals surface area contributed by atoms with Gasteiger partial charge in [-0.25, -0.2) is 4.98 Å². The van der Waals surface area contributed by atoms with E-state index in [4.69, 9.17) is 16.3 Å². The second-order valence-corrected chi connectivity index (χ2v) is 7.24. The zero-order valence-electron chi connectivity index (χ0n) is 16.5. The van der Waals surface area contributed by atoms with Crippen molar-refractivity contribution in [3.05, 3.63) is 69.2 Å². The lowest BCUT2D eigenvalue weighted by Gasteiger charge is -2.22.